The third-order valence-electron chi connectivity index (χ3n) is 4.77. The molecule has 0 aliphatic rings. The summed E-state index contributed by atoms with van der Waals surface area (Å²) in [6.07, 6.45) is 1.56. The standard InChI is InChI=1S/C23H20BrN3O4S/c1-30-20-7-3-2-5-15(20)13-27-22(29)18-11-16(24)8-9-19(18)26-23(27)32-14-21(28)25-12-17-6-4-10-31-17/h2-11H,12-14H2,1H3,(H,25,28). The van der Waals surface area contributed by atoms with Crippen LogP contribution < -0.4 is 15.6 Å². The molecule has 1 amide bonds. The van der Waals surface area contributed by atoms with E-state index in [-0.39, 0.29) is 23.8 Å². The van der Waals surface area contributed by atoms with E-state index in [0.717, 1.165) is 10.0 Å². The van der Waals surface area contributed by atoms with E-state index < -0.39 is 0 Å². The number of nitrogens with one attached hydrogen (secondary N) is 1. The number of nitrogens with zero attached hydrogens (tertiary/aromatic N) is 2. The second kappa shape index (κ2) is 10.1. The number of hydrogen-bond donors (Lipinski definition) is 1. The van der Waals surface area contributed by atoms with Gasteiger partial charge in [-0.2, -0.15) is 0 Å². The minimum Gasteiger partial charge on any atom is -0.496 e. The first-order chi connectivity index (χ1) is 15.5. The number of ether oxygens (including phenoxy) is 1. The fourth-order valence-corrected chi connectivity index (χ4v) is 4.40. The molecular formula is C23H20BrN3O4S. The van der Waals surface area contributed by atoms with Crippen molar-refractivity contribution < 1.29 is 13.9 Å². The fraction of sp³-hybridized carbons (Fsp3) is 0.174. The minimum absolute atomic E-state index is 0.112. The molecule has 164 valence electrons. The summed E-state index contributed by atoms with van der Waals surface area (Å²) >= 11 is 4.64. The average molecular weight is 514 g/mol. The minimum atomic E-state index is -0.180. The third kappa shape index (κ3) is 5.05. The maximum atomic E-state index is 13.4. The van der Waals surface area contributed by atoms with Gasteiger partial charge in [0.05, 0.1) is 43.1 Å². The topological polar surface area (TPSA) is 86.4 Å². The van der Waals surface area contributed by atoms with Crippen LogP contribution in [0.3, 0.4) is 0 Å². The highest BCUT2D eigenvalue weighted by Gasteiger charge is 2.16. The number of furan rings is 1. The first-order valence-corrected chi connectivity index (χ1v) is 11.6. The number of carbonyl (C=O) groups is 1. The van der Waals surface area contributed by atoms with Gasteiger partial charge in [-0.1, -0.05) is 45.9 Å². The lowest BCUT2D eigenvalue weighted by Gasteiger charge is -2.15. The second-order valence-electron chi connectivity index (χ2n) is 6.90. The van der Waals surface area contributed by atoms with E-state index >= 15 is 0 Å². The molecule has 2 aromatic carbocycles. The number of hydrogen-bond acceptors (Lipinski definition) is 6. The van der Waals surface area contributed by atoms with Crippen LogP contribution in [0.25, 0.3) is 10.9 Å². The predicted octanol–water partition coefficient (Wildman–Crippen LogP) is 4.22. The van der Waals surface area contributed by atoms with Gasteiger partial charge in [0.1, 0.15) is 11.5 Å². The highest BCUT2D eigenvalue weighted by Crippen LogP contribution is 2.24. The molecule has 0 aliphatic carbocycles. The first kappa shape index (κ1) is 22.2. The summed E-state index contributed by atoms with van der Waals surface area (Å²) in [5, 5.41) is 3.77. The lowest BCUT2D eigenvalue weighted by molar-refractivity contribution is -0.118. The number of fused-ring (bicyclic) bond motifs is 1. The molecule has 0 spiro atoms. The summed E-state index contributed by atoms with van der Waals surface area (Å²) < 4.78 is 13.1. The quantitative estimate of drug-likeness (QED) is 0.280. The highest BCUT2D eigenvalue weighted by molar-refractivity contribution is 9.10. The molecule has 0 fully saturated rings. The molecule has 2 heterocycles. The zero-order chi connectivity index (χ0) is 22.5. The van der Waals surface area contributed by atoms with Crippen molar-refractivity contribution in [2.45, 2.75) is 18.2 Å². The molecular weight excluding hydrogens is 494 g/mol. The molecule has 0 radical (unpaired) electrons. The van der Waals surface area contributed by atoms with E-state index in [2.05, 4.69) is 26.2 Å². The van der Waals surface area contributed by atoms with Crippen molar-refractivity contribution in [3.63, 3.8) is 0 Å². The number of aromatic nitrogens is 2. The van der Waals surface area contributed by atoms with Crippen molar-refractivity contribution >= 4 is 44.5 Å². The van der Waals surface area contributed by atoms with Crippen LogP contribution >= 0.6 is 27.7 Å². The van der Waals surface area contributed by atoms with E-state index in [1.807, 2.05) is 30.3 Å². The van der Waals surface area contributed by atoms with Gasteiger partial charge in [-0.3, -0.25) is 14.2 Å². The maximum absolute atomic E-state index is 13.4. The number of thioether (sulfide) groups is 1. The van der Waals surface area contributed by atoms with Gasteiger partial charge in [-0.25, -0.2) is 4.98 Å². The van der Waals surface area contributed by atoms with E-state index in [1.54, 1.807) is 42.2 Å². The van der Waals surface area contributed by atoms with E-state index in [4.69, 9.17) is 9.15 Å². The summed E-state index contributed by atoms with van der Waals surface area (Å²) in [4.78, 5) is 30.4. The number of rotatable bonds is 8. The van der Waals surface area contributed by atoms with E-state index in [9.17, 15) is 9.59 Å². The van der Waals surface area contributed by atoms with Crippen LogP contribution in [-0.4, -0.2) is 28.3 Å². The van der Waals surface area contributed by atoms with Gasteiger partial charge in [0.2, 0.25) is 5.91 Å². The number of halogens is 1. The Morgan fingerprint density at radius 3 is 2.84 bits per heavy atom. The molecule has 0 bridgehead atoms. The van der Waals surface area contributed by atoms with Gasteiger partial charge in [-0.05, 0) is 36.4 Å². The molecule has 0 saturated carbocycles. The van der Waals surface area contributed by atoms with Crippen molar-refractivity contribution in [3.8, 4) is 5.75 Å². The first-order valence-electron chi connectivity index (χ1n) is 9.79. The number of methoxy groups -OCH3 is 1. The van der Waals surface area contributed by atoms with Gasteiger partial charge in [0.25, 0.3) is 5.56 Å². The Morgan fingerprint density at radius 1 is 1.22 bits per heavy atom. The Bertz CT molecular complexity index is 1300. The largest absolute Gasteiger partial charge is 0.496 e. The average Bonchev–Trinajstić information content (AvgIpc) is 3.33. The molecule has 7 nitrogen and oxygen atoms in total. The zero-order valence-electron chi connectivity index (χ0n) is 17.2. The molecule has 0 atom stereocenters. The Labute approximate surface area is 196 Å². The summed E-state index contributed by atoms with van der Waals surface area (Å²) in [6, 6.07) is 16.5. The van der Waals surface area contributed by atoms with Crippen LogP contribution in [0.1, 0.15) is 11.3 Å². The van der Waals surface area contributed by atoms with Crippen LogP contribution in [0, 0.1) is 0 Å². The van der Waals surface area contributed by atoms with E-state index in [0.29, 0.717) is 34.1 Å². The van der Waals surface area contributed by atoms with Gasteiger partial charge < -0.3 is 14.5 Å². The van der Waals surface area contributed by atoms with Gasteiger partial charge in [-0.15, -0.1) is 0 Å². The molecule has 9 heteroatoms. The smallest absolute Gasteiger partial charge is 0.262 e. The lowest BCUT2D eigenvalue weighted by Crippen LogP contribution is -2.27. The lowest BCUT2D eigenvalue weighted by atomic mass is 10.2. The molecule has 0 aliphatic heterocycles. The van der Waals surface area contributed by atoms with Crippen LogP contribution in [0.5, 0.6) is 5.75 Å². The molecule has 32 heavy (non-hydrogen) atoms. The monoisotopic (exact) mass is 513 g/mol. The van der Waals surface area contributed by atoms with Gasteiger partial charge in [0, 0.05) is 10.0 Å². The molecule has 0 unspecified atom stereocenters. The third-order valence-corrected chi connectivity index (χ3v) is 6.24. The van der Waals surface area contributed by atoms with Crippen LogP contribution in [-0.2, 0) is 17.9 Å². The van der Waals surface area contributed by atoms with Crippen LogP contribution in [0.2, 0.25) is 0 Å². The summed E-state index contributed by atoms with van der Waals surface area (Å²) in [7, 11) is 1.59. The van der Waals surface area contributed by atoms with Crippen molar-refractivity contribution in [2.24, 2.45) is 0 Å². The Morgan fingerprint density at radius 2 is 2.06 bits per heavy atom. The Kier molecular flexibility index (Phi) is 6.96. The highest BCUT2D eigenvalue weighted by atomic mass is 79.9. The molecule has 1 N–H and O–H groups in total. The second-order valence-corrected chi connectivity index (χ2v) is 8.76. The van der Waals surface area contributed by atoms with Crippen molar-refractivity contribution in [3.05, 3.63) is 87.0 Å². The molecule has 4 aromatic rings. The van der Waals surface area contributed by atoms with Crippen LogP contribution in [0.15, 0.2) is 79.7 Å². The van der Waals surface area contributed by atoms with Crippen LogP contribution in [0.4, 0.5) is 0 Å². The zero-order valence-corrected chi connectivity index (χ0v) is 19.6. The SMILES string of the molecule is COc1ccccc1Cn1c(SCC(=O)NCc2ccco2)nc2ccc(Br)cc2c1=O. The van der Waals surface area contributed by atoms with Crippen molar-refractivity contribution in [1.82, 2.24) is 14.9 Å². The van der Waals surface area contributed by atoms with Gasteiger partial charge in [0.15, 0.2) is 5.16 Å². The summed E-state index contributed by atoms with van der Waals surface area (Å²) in [5.41, 5.74) is 1.24. The summed E-state index contributed by atoms with van der Waals surface area (Å²) in [6.45, 7) is 0.578. The number of carbonyl (C=O) groups excluding carboxylic acids is 1. The van der Waals surface area contributed by atoms with E-state index in [1.165, 1.54) is 11.8 Å². The normalized spacial score (nSPS) is 10.9. The number of benzene rings is 2. The Balaban J connectivity index is 1.63. The maximum Gasteiger partial charge on any atom is 0.262 e. The molecule has 0 saturated heterocycles. The number of para-hydroxylation sites is 1. The molecule has 2 aromatic heterocycles. The van der Waals surface area contributed by atoms with Crippen molar-refractivity contribution in [2.75, 3.05) is 12.9 Å². The Hall–Kier alpha value is -3.04. The predicted molar refractivity (Wildman–Crippen MR) is 127 cm³/mol. The summed E-state index contributed by atoms with van der Waals surface area (Å²) in [5.74, 6) is 1.29. The van der Waals surface area contributed by atoms with Gasteiger partial charge >= 0.3 is 0 Å². The fourth-order valence-electron chi connectivity index (χ4n) is 3.21. The molecule has 4 rings (SSSR count). The number of amides is 1. The van der Waals surface area contributed by atoms with Crippen molar-refractivity contribution in [1.29, 1.82) is 0 Å².